The molecule has 11 N–H and O–H groups in total. The van der Waals surface area contributed by atoms with E-state index < -0.39 is 47.9 Å². The fourth-order valence-electron chi connectivity index (χ4n) is 3.87. The van der Waals surface area contributed by atoms with Crippen LogP contribution < -0.4 is 33.2 Å². The topological polar surface area (TPSA) is 235 Å². The Labute approximate surface area is 235 Å². The number of benzene rings is 1. The first-order valence-electron chi connectivity index (χ1n) is 13.5. The van der Waals surface area contributed by atoms with Crippen molar-refractivity contribution in [2.45, 2.75) is 84.0 Å². The van der Waals surface area contributed by atoms with Crippen molar-refractivity contribution >= 4 is 29.7 Å². The zero-order valence-corrected chi connectivity index (χ0v) is 23.7. The van der Waals surface area contributed by atoms with Crippen LogP contribution in [0.5, 0.6) is 5.75 Å². The number of amides is 3. The average molecular weight is 564 g/mol. The molecule has 1 rings (SSSR count). The normalized spacial score (nSPS) is 14.8. The summed E-state index contributed by atoms with van der Waals surface area (Å²) in [5.41, 5.74) is 17.4. The van der Waals surface area contributed by atoms with Gasteiger partial charge in [0.05, 0.1) is 6.04 Å². The number of guanidine groups is 1. The largest absolute Gasteiger partial charge is 0.508 e. The van der Waals surface area contributed by atoms with Crippen LogP contribution in [0.25, 0.3) is 0 Å². The quantitative estimate of drug-likeness (QED) is 0.0719. The van der Waals surface area contributed by atoms with E-state index in [1.807, 2.05) is 27.7 Å². The Hall–Kier alpha value is -3.87. The fourth-order valence-corrected chi connectivity index (χ4v) is 3.87. The summed E-state index contributed by atoms with van der Waals surface area (Å²) in [6.07, 6.45) is 1.41. The van der Waals surface area contributed by atoms with Gasteiger partial charge in [0.25, 0.3) is 0 Å². The molecule has 5 atom stereocenters. The van der Waals surface area contributed by atoms with E-state index in [1.54, 1.807) is 12.1 Å². The zero-order valence-electron chi connectivity index (χ0n) is 23.7. The van der Waals surface area contributed by atoms with Gasteiger partial charge < -0.3 is 43.4 Å². The summed E-state index contributed by atoms with van der Waals surface area (Å²) in [4.78, 5) is 55.1. The van der Waals surface area contributed by atoms with Crippen LogP contribution in [-0.4, -0.2) is 70.6 Å². The Kier molecular flexibility index (Phi) is 14.5. The molecule has 0 aliphatic heterocycles. The number of nitrogens with zero attached hydrogens (tertiary/aromatic N) is 1. The number of aliphatic imine (C=N–C) groups is 1. The molecule has 0 bridgehead atoms. The van der Waals surface area contributed by atoms with Crippen LogP contribution in [0.2, 0.25) is 0 Å². The number of phenols is 1. The van der Waals surface area contributed by atoms with Gasteiger partial charge in [0.1, 0.15) is 23.9 Å². The monoisotopic (exact) mass is 563 g/mol. The summed E-state index contributed by atoms with van der Waals surface area (Å²) < 4.78 is 0. The lowest BCUT2D eigenvalue weighted by Crippen LogP contribution is -2.58. The highest BCUT2D eigenvalue weighted by atomic mass is 16.4. The van der Waals surface area contributed by atoms with Crippen LogP contribution in [0.1, 0.15) is 58.9 Å². The van der Waals surface area contributed by atoms with Crippen molar-refractivity contribution in [2.75, 3.05) is 6.54 Å². The molecule has 0 radical (unpaired) electrons. The van der Waals surface area contributed by atoms with Crippen LogP contribution in [0.15, 0.2) is 29.3 Å². The first-order valence-corrected chi connectivity index (χ1v) is 13.5. The van der Waals surface area contributed by atoms with Crippen LogP contribution in [0, 0.1) is 11.8 Å². The summed E-state index contributed by atoms with van der Waals surface area (Å²) in [6, 6.07) is 1.78. The van der Waals surface area contributed by atoms with Gasteiger partial charge in [-0.15, -0.1) is 0 Å². The third-order valence-electron chi connectivity index (χ3n) is 6.47. The Morgan fingerprint density at radius 3 is 1.98 bits per heavy atom. The number of carboxylic acids is 1. The minimum absolute atomic E-state index is 0.0230. The number of carbonyl (C=O) groups excluding carboxylic acids is 3. The van der Waals surface area contributed by atoms with Crippen LogP contribution in [-0.2, 0) is 25.6 Å². The van der Waals surface area contributed by atoms with Crippen molar-refractivity contribution in [2.24, 2.45) is 34.0 Å². The Morgan fingerprint density at radius 2 is 1.45 bits per heavy atom. The molecule has 13 nitrogen and oxygen atoms in total. The molecule has 0 saturated heterocycles. The van der Waals surface area contributed by atoms with Gasteiger partial charge in [0.2, 0.25) is 17.7 Å². The smallest absolute Gasteiger partial charge is 0.326 e. The number of nitrogens with one attached hydrogen (secondary N) is 3. The van der Waals surface area contributed by atoms with E-state index >= 15 is 0 Å². The lowest BCUT2D eigenvalue weighted by atomic mass is 9.98. The van der Waals surface area contributed by atoms with Crippen LogP contribution in [0.4, 0.5) is 0 Å². The standard InChI is InChI=1S/C27H45N7O6/c1-5-16(4)22(28)25(38)32-19(7-6-12-31-27(29)30)23(36)33-20(13-15(2)3)24(37)34-21(26(39)40)14-17-8-10-18(35)11-9-17/h8-11,15-16,19-22,35H,5-7,12-14,28H2,1-4H3,(H,32,38)(H,33,36)(H,34,37)(H,39,40)(H4,29,30,31). The SMILES string of the molecule is CCC(C)C(N)C(=O)NC(CCCN=C(N)N)C(=O)NC(CC(C)C)C(=O)NC(Cc1ccc(O)cc1)C(=O)O. The summed E-state index contributed by atoms with van der Waals surface area (Å²) in [7, 11) is 0. The van der Waals surface area contributed by atoms with E-state index in [-0.39, 0.29) is 49.4 Å². The highest BCUT2D eigenvalue weighted by Crippen LogP contribution is 2.13. The molecule has 0 spiro atoms. The molecule has 0 aliphatic carbocycles. The van der Waals surface area contributed by atoms with Gasteiger partial charge >= 0.3 is 5.97 Å². The van der Waals surface area contributed by atoms with E-state index in [0.29, 0.717) is 18.4 Å². The number of nitrogens with two attached hydrogens (primary N) is 3. The molecule has 0 fully saturated rings. The molecule has 40 heavy (non-hydrogen) atoms. The lowest BCUT2D eigenvalue weighted by Gasteiger charge is -2.27. The number of phenolic OH excluding ortho intramolecular Hbond substituents is 1. The fraction of sp³-hybridized carbons (Fsp3) is 0.593. The number of rotatable bonds is 17. The first kappa shape index (κ1) is 34.2. The number of hydrogen-bond acceptors (Lipinski definition) is 7. The van der Waals surface area contributed by atoms with Crippen molar-refractivity contribution in [1.82, 2.24) is 16.0 Å². The van der Waals surface area contributed by atoms with E-state index in [1.165, 1.54) is 12.1 Å². The Balaban J connectivity index is 3.07. The zero-order chi connectivity index (χ0) is 30.4. The van der Waals surface area contributed by atoms with Gasteiger partial charge in [0.15, 0.2) is 5.96 Å². The molecule has 224 valence electrons. The number of aromatic hydroxyl groups is 1. The molecule has 3 amide bonds. The molecule has 5 unspecified atom stereocenters. The molecule has 0 saturated carbocycles. The molecule has 0 aliphatic rings. The van der Waals surface area contributed by atoms with E-state index in [9.17, 15) is 29.4 Å². The van der Waals surface area contributed by atoms with Gasteiger partial charge in [-0.05, 0) is 48.8 Å². The Morgan fingerprint density at radius 1 is 0.900 bits per heavy atom. The second kappa shape index (κ2) is 17.0. The predicted molar refractivity (Wildman–Crippen MR) is 152 cm³/mol. The summed E-state index contributed by atoms with van der Waals surface area (Å²) in [5, 5.41) is 27.1. The summed E-state index contributed by atoms with van der Waals surface area (Å²) in [5.74, 6) is -3.24. The number of aliphatic carboxylic acids is 1. The minimum atomic E-state index is -1.27. The second-order valence-electron chi connectivity index (χ2n) is 10.4. The van der Waals surface area contributed by atoms with E-state index in [4.69, 9.17) is 17.2 Å². The molecule has 1 aromatic carbocycles. The lowest BCUT2D eigenvalue weighted by molar-refractivity contribution is -0.142. The summed E-state index contributed by atoms with van der Waals surface area (Å²) in [6.45, 7) is 7.68. The highest BCUT2D eigenvalue weighted by molar-refractivity contribution is 5.94. The van der Waals surface area contributed by atoms with Gasteiger partial charge in [0, 0.05) is 13.0 Å². The van der Waals surface area contributed by atoms with Gasteiger partial charge in [-0.3, -0.25) is 19.4 Å². The van der Waals surface area contributed by atoms with Crippen molar-refractivity contribution in [3.8, 4) is 5.75 Å². The van der Waals surface area contributed by atoms with Gasteiger partial charge in [-0.2, -0.15) is 0 Å². The number of carbonyl (C=O) groups is 4. The third-order valence-corrected chi connectivity index (χ3v) is 6.47. The minimum Gasteiger partial charge on any atom is -0.508 e. The molecule has 0 heterocycles. The van der Waals surface area contributed by atoms with Crippen molar-refractivity contribution < 1.29 is 29.4 Å². The Bertz CT molecular complexity index is 1010. The van der Waals surface area contributed by atoms with E-state index in [0.717, 1.165) is 0 Å². The van der Waals surface area contributed by atoms with Crippen LogP contribution in [0.3, 0.4) is 0 Å². The van der Waals surface area contributed by atoms with Crippen molar-refractivity contribution in [1.29, 1.82) is 0 Å². The molecular weight excluding hydrogens is 518 g/mol. The number of carboxylic acid groups (broad SMARTS) is 1. The summed E-state index contributed by atoms with van der Waals surface area (Å²) >= 11 is 0. The maximum absolute atomic E-state index is 13.3. The van der Waals surface area contributed by atoms with Gasteiger partial charge in [-0.1, -0.05) is 46.2 Å². The third kappa shape index (κ3) is 12.3. The number of hydrogen-bond donors (Lipinski definition) is 8. The molecule has 0 aromatic heterocycles. The highest BCUT2D eigenvalue weighted by Gasteiger charge is 2.31. The van der Waals surface area contributed by atoms with Crippen molar-refractivity contribution in [3.63, 3.8) is 0 Å². The second-order valence-corrected chi connectivity index (χ2v) is 10.4. The van der Waals surface area contributed by atoms with Crippen LogP contribution >= 0.6 is 0 Å². The maximum Gasteiger partial charge on any atom is 0.326 e. The van der Waals surface area contributed by atoms with Crippen molar-refractivity contribution in [3.05, 3.63) is 29.8 Å². The van der Waals surface area contributed by atoms with Gasteiger partial charge in [-0.25, -0.2) is 4.79 Å². The first-order chi connectivity index (χ1) is 18.7. The molecular formula is C27H45N7O6. The van der Waals surface area contributed by atoms with E-state index in [2.05, 4.69) is 20.9 Å². The predicted octanol–water partition coefficient (Wildman–Crippen LogP) is -0.0532. The molecule has 1 aromatic rings. The average Bonchev–Trinajstić information content (AvgIpc) is 2.89. The maximum atomic E-state index is 13.3. The molecule has 13 heteroatoms.